The number of halogens is 1. The minimum absolute atomic E-state index is 0.0412. The van der Waals surface area contributed by atoms with Gasteiger partial charge in [0.1, 0.15) is 5.82 Å². The van der Waals surface area contributed by atoms with E-state index in [-0.39, 0.29) is 11.2 Å². The first kappa shape index (κ1) is 12.2. The molecule has 0 nitrogen and oxygen atoms in total. The van der Waals surface area contributed by atoms with Gasteiger partial charge in [0.05, 0.1) is 0 Å². The normalized spacial score (nSPS) is 11.7. The van der Waals surface area contributed by atoms with Gasteiger partial charge >= 0.3 is 0 Å². The average Bonchev–Trinajstić information content (AvgIpc) is 2.18. The maximum absolute atomic E-state index is 13.6. The zero-order valence-electron chi connectivity index (χ0n) is 10.0. The Balaban J connectivity index is 2.72. The molecule has 0 radical (unpaired) electrons. The van der Waals surface area contributed by atoms with E-state index in [0.717, 1.165) is 12.0 Å². The first-order valence-electron chi connectivity index (χ1n) is 5.83. The van der Waals surface area contributed by atoms with Crippen LogP contribution in [0.5, 0.6) is 0 Å². The SMILES string of the molecule is CCCCCC(C)(C)c1ccccc1F. The van der Waals surface area contributed by atoms with E-state index >= 15 is 0 Å². The van der Waals surface area contributed by atoms with Crippen LogP contribution in [-0.2, 0) is 5.41 Å². The van der Waals surface area contributed by atoms with Crippen LogP contribution in [0, 0.1) is 5.82 Å². The molecular formula is C14H21F. The van der Waals surface area contributed by atoms with Gasteiger partial charge in [-0.3, -0.25) is 0 Å². The Morgan fingerprint density at radius 2 is 1.80 bits per heavy atom. The maximum Gasteiger partial charge on any atom is 0.126 e. The van der Waals surface area contributed by atoms with Gasteiger partial charge in [0.25, 0.3) is 0 Å². The molecule has 0 saturated carbocycles. The Morgan fingerprint density at radius 3 is 2.40 bits per heavy atom. The van der Waals surface area contributed by atoms with Crippen molar-refractivity contribution in [2.24, 2.45) is 0 Å². The summed E-state index contributed by atoms with van der Waals surface area (Å²) in [5, 5.41) is 0. The fraction of sp³-hybridized carbons (Fsp3) is 0.571. The first-order chi connectivity index (χ1) is 7.08. The molecule has 0 N–H and O–H groups in total. The molecule has 1 aromatic rings. The van der Waals surface area contributed by atoms with Crippen LogP contribution in [0.25, 0.3) is 0 Å². The van der Waals surface area contributed by atoms with Crippen molar-refractivity contribution in [2.45, 2.75) is 51.9 Å². The van der Waals surface area contributed by atoms with Crippen molar-refractivity contribution in [3.63, 3.8) is 0 Å². The van der Waals surface area contributed by atoms with Gasteiger partial charge in [0.2, 0.25) is 0 Å². The number of hydrogen-bond donors (Lipinski definition) is 0. The van der Waals surface area contributed by atoms with Crippen LogP contribution >= 0.6 is 0 Å². The maximum atomic E-state index is 13.6. The topological polar surface area (TPSA) is 0 Å². The number of rotatable bonds is 5. The fourth-order valence-corrected chi connectivity index (χ4v) is 1.96. The van der Waals surface area contributed by atoms with E-state index in [9.17, 15) is 4.39 Å². The lowest BCUT2D eigenvalue weighted by atomic mass is 9.80. The Labute approximate surface area is 92.5 Å². The van der Waals surface area contributed by atoms with Crippen molar-refractivity contribution in [2.75, 3.05) is 0 Å². The molecule has 0 spiro atoms. The minimum atomic E-state index is -0.0704. The number of hydrogen-bond acceptors (Lipinski definition) is 0. The van der Waals surface area contributed by atoms with Crippen LogP contribution in [-0.4, -0.2) is 0 Å². The van der Waals surface area contributed by atoms with Crippen LogP contribution in [0.3, 0.4) is 0 Å². The Hall–Kier alpha value is -0.850. The standard InChI is InChI=1S/C14H21F/c1-4-5-8-11-14(2,3)12-9-6-7-10-13(12)15/h6-7,9-10H,4-5,8,11H2,1-3H3. The van der Waals surface area contributed by atoms with E-state index in [4.69, 9.17) is 0 Å². The van der Waals surface area contributed by atoms with Gasteiger partial charge in [-0.2, -0.15) is 0 Å². The Morgan fingerprint density at radius 1 is 1.13 bits per heavy atom. The molecule has 0 unspecified atom stereocenters. The second-order valence-corrected chi connectivity index (χ2v) is 4.82. The zero-order valence-corrected chi connectivity index (χ0v) is 10.0. The minimum Gasteiger partial charge on any atom is -0.207 e. The lowest BCUT2D eigenvalue weighted by molar-refractivity contribution is 0.428. The van der Waals surface area contributed by atoms with E-state index < -0.39 is 0 Å². The van der Waals surface area contributed by atoms with Crippen molar-refractivity contribution in [1.29, 1.82) is 0 Å². The highest BCUT2D eigenvalue weighted by molar-refractivity contribution is 5.25. The highest BCUT2D eigenvalue weighted by Crippen LogP contribution is 2.30. The predicted molar refractivity (Wildman–Crippen MR) is 63.6 cm³/mol. The summed E-state index contributed by atoms with van der Waals surface area (Å²) in [6.07, 6.45) is 4.69. The van der Waals surface area contributed by atoms with Crippen molar-refractivity contribution >= 4 is 0 Å². The van der Waals surface area contributed by atoms with Crippen molar-refractivity contribution in [3.8, 4) is 0 Å². The largest absolute Gasteiger partial charge is 0.207 e. The van der Waals surface area contributed by atoms with Gasteiger partial charge in [-0.15, -0.1) is 0 Å². The summed E-state index contributed by atoms with van der Waals surface area (Å²) in [7, 11) is 0. The predicted octanol–water partition coefficient (Wildman–Crippen LogP) is 4.68. The first-order valence-corrected chi connectivity index (χ1v) is 5.83. The summed E-state index contributed by atoms with van der Waals surface area (Å²) >= 11 is 0. The van der Waals surface area contributed by atoms with E-state index in [1.165, 1.54) is 19.3 Å². The quantitative estimate of drug-likeness (QED) is 0.616. The molecule has 0 atom stereocenters. The van der Waals surface area contributed by atoms with Gasteiger partial charge < -0.3 is 0 Å². The molecule has 0 aliphatic carbocycles. The van der Waals surface area contributed by atoms with Crippen molar-refractivity contribution in [1.82, 2.24) is 0 Å². The molecule has 0 saturated heterocycles. The molecule has 0 amide bonds. The van der Waals surface area contributed by atoms with Gasteiger partial charge in [0.15, 0.2) is 0 Å². The number of benzene rings is 1. The lowest BCUT2D eigenvalue weighted by Crippen LogP contribution is -2.18. The molecule has 0 heterocycles. The molecule has 1 rings (SSSR count). The van der Waals surface area contributed by atoms with Crippen LogP contribution in [0.2, 0.25) is 0 Å². The summed E-state index contributed by atoms with van der Waals surface area (Å²) in [5.41, 5.74) is 0.807. The smallest absolute Gasteiger partial charge is 0.126 e. The van der Waals surface area contributed by atoms with Gasteiger partial charge in [-0.25, -0.2) is 4.39 Å². The van der Waals surface area contributed by atoms with Gasteiger partial charge in [-0.05, 0) is 23.5 Å². The van der Waals surface area contributed by atoms with Crippen molar-refractivity contribution in [3.05, 3.63) is 35.6 Å². The highest BCUT2D eigenvalue weighted by atomic mass is 19.1. The summed E-state index contributed by atoms with van der Waals surface area (Å²) in [5.74, 6) is -0.0704. The van der Waals surface area contributed by atoms with E-state index in [1.807, 2.05) is 12.1 Å². The molecule has 0 fully saturated rings. The third-order valence-electron chi connectivity index (χ3n) is 3.01. The van der Waals surface area contributed by atoms with E-state index in [2.05, 4.69) is 20.8 Å². The molecular weight excluding hydrogens is 187 g/mol. The van der Waals surface area contributed by atoms with Crippen LogP contribution in [0.15, 0.2) is 24.3 Å². The zero-order chi connectivity index (χ0) is 11.3. The molecule has 15 heavy (non-hydrogen) atoms. The van der Waals surface area contributed by atoms with Gasteiger partial charge in [0, 0.05) is 0 Å². The number of unbranched alkanes of at least 4 members (excludes halogenated alkanes) is 2. The summed E-state index contributed by atoms with van der Waals surface area (Å²) in [4.78, 5) is 0. The molecule has 84 valence electrons. The molecule has 1 heteroatoms. The average molecular weight is 208 g/mol. The third-order valence-corrected chi connectivity index (χ3v) is 3.01. The van der Waals surface area contributed by atoms with Crippen LogP contribution < -0.4 is 0 Å². The van der Waals surface area contributed by atoms with E-state index in [0.29, 0.717) is 0 Å². The fourth-order valence-electron chi connectivity index (χ4n) is 1.96. The molecule has 0 bridgehead atoms. The van der Waals surface area contributed by atoms with Crippen LogP contribution in [0.4, 0.5) is 4.39 Å². The summed E-state index contributed by atoms with van der Waals surface area (Å²) in [6, 6.07) is 7.12. The van der Waals surface area contributed by atoms with Gasteiger partial charge in [-0.1, -0.05) is 58.2 Å². The Bertz CT molecular complexity index is 302. The van der Waals surface area contributed by atoms with Crippen molar-refractivity contribution < 1.29 is 4.39 Å². The second-order valence-electron chi connectivity index (χ2n) is 4.82. The lowest BCUT2D eigenvalue weighted by Gasteiger charge is -2.25. The van der Waals surface area contributed by atoms with E-state index in [1.54, 1.807) is 12.1 Å². The molecule has 0 aliphatic heterocycles. The molecule has 1 aromatic carbocycles. The summed E-state index contributed by atoms with van der Waals surface area (Å²) in [6.45, 7) is 6.44. The third kappa shape index (κ3) is 3.33. The second kappa shape index (κ2) is 5.29. The monoisotopic (exact) mass is 208 g/mol. The highest BCUT2D eigenvalue weighted by Gasteiger charge is 2.22. The molecule has 0 aromatic heterocycles. The summed E-state index contributed by atoms with van der Waals surface area (Å²) < 4.78 is 13.6. The Kier molecular flexibility index (Phi) is 4.31. The molecule has 0 aliphatic rings. The van der Waals surface area contributed by atoms with Crippen LogP contribution in [0.1, 0.15) is 52.0 Å².